The zero-order valence-corrected chi connectivity index (χ0v) is 17.5. The maximum Gasteiger partial charge on any atom is 0.237 e. The van der Waals surface area contributed by atoms with E-state index < -0.39 is 0 Å². The fourth-order valence-corrected chi connectivity index (χ4v) is 4.07. The molecule has 2 aromatic carbocycles. The first kappa shape index (κ1) is 20.3. The average molecular weight is 415 g/mol. The lowest BCUT2D eigenvalue weighted by molar-refractivity contribution is -0.115. The van der Waals surface area contributed by atoms with Crippen molar-refractivity contribution in [3.63, 3.8) is 0 Å². The predicted octanol–water partition coefficient (Wildman–Crippen LogP) is 4.24. The SMILES string of the molecule is Cc1ccc(SCc2nnc(SC(C)C(=O)Nc3ccc(O)cc3)n2C)cc1. The van der Waals surface area contributed by atoms with Gasteiger partial charge in [0, 0.05) is 17.6 Å². The van der Waals surface area contributed by atoms with Crippen LogP contribution in [0.3, 0.4) is 0 Å². The number of aromatic hydroxyl groups is 1. The number of nitrogens with zero attached hydrogens (tertiary/aromatic N) is 3. The van der Waals surface area contributed by atoms with Gasteiger partial charge in [-0.05, 0) is 50.2 Å². The first-order chi connectivity index (χ1) is 13.4. The van der Waals surface area contributed by atoms with Crippen LogP contribution in [0.4, 0.5) is 5.69 Å². The van der Waals surface area contributed by atoms with Crippen molar-refractivity contribution in [2.45, 2.75) is 34.9 Å². The van der Waals surface area contributed by atoms with Gasteiger partial charge in [-0.15, -0.1) is 22.0 Å². The van der Waals surface area contributed by atoms with Crippen molar-refractivity contribution >= 4 is 35.1 Å². The molecule has 1 aromatic heterocycles. The topological polar surface area (TPSA) is 80.0 Å². The maximum absolute atomic E-state index is 12.4. The number of hydrogen-bond donors (Lipinski definition) is 2. The number of rotatable bonds is 7. The highest BCUT2D eigenvalue weighted by Gasteiger charge is 2.19. The molecular formula is C20H22N4O2S2. The Morgan fingerprint density at radius 2 is 1.82 bits per heavy atom. The molecule has 2 N–H and O–H groups in total. The fraction of sp³-hybridized carbons (Fsp3) is 0.250. The van der Waals surface area contributed by atoms with Gasteiger partial charge in [0.15, 0.2) is 5.16 Å². The van der Waals surface area contributed by atoms with Crippen LogP contribution in [0.2, 0.25) is 0 Å². The van der Waals surface area contributed by atoms with Gasteiger partial charge in [0.25, 0.3) is 0 Å². The van der Waals surface area contributed by atoms with Crippen LogP contribution in [0.15, 0.2) is 58.6 Å². The van der Waals surface area contributed by atoms with Crippen molar-refractivity contribution in [3.05, 3.63) is 59.9 Å². The first-order valence-corrected chi connectivity index (χ1v) is 10.6. The van der Waals surface area contributed by atoms with Gasteiger partial charge < -0.3 is 15.0 Å². The summed E-state index contributed by atoms with van der Waals surface area (Å²) in [4.78, 5) is 13.6. The molecule has 3 rings (SSSR count). The molecule has 6 nitrogen and oxygen atoms in total. The fourth-order valence-electron chi connectivity index (χ4n) is 2.36. The summed E-state index contributed by atoms with van der Waals surface area (Å²) in [6.07, 6.45) is 0. The molecule has 0 spiro atoms. The molecule has 1 heterocycles. The second-order valence-corrected chi connectivity index (χ2v) is 8.71. The molecule has 28 heavy (non-hydrogen) atoms. The maximum atomic E-state index is 12.4. The van der Waals surface area contributed by atoms with Crippen molar-refractivity contribution < 1.29 is 9.90 Å². The van der Waals surface area contributed by atoms with E-state index in [0.29, 0.717) is 16.6 Å². The van der Waals surface area contributed by atoms with Gasteiger partial charge >= 0.3 is 0 Å². The Balaban J connectivity index is 1.57. The number of benzene rings is 2. The molecule has 0 saturated carbocycles. The van der Waals surface area contributed by atoms with Crippen LogP contribution in [0, 0.1) is 6.92 Å². The monoisotopic (exact) mass is 414 g/mol. The molecule has 0 aliphatic carbocycles. The number of carbonyl (C=O) groups is 1. The minimum absolute atomic E-state index is 0.130. The minimum atomic E-state index is -0.339. The van der Waals surface area contributed by atoms with E-state index in [-0.39, 0.29) is 16.9 Å². The van der Waals surface area contributed by atoms with E-state index in [1.165, 1.54) is 34.4 Å². The highest BCUT2D eigenvalue weighted by molar-refractivity contribution is 8.00. The summed E-state index contributed by atoms with van der Waals surface area (Å²) < 4.78 is 1.93. The number of aryl methyl sites for hydroxylation is 1. The van der Waals surface area contributed by atoms with Gasteiger partial charge in [0.1, 0.15) is 11.6 Å². The zero-order chi connectivity index (χ0) is 20.1. The number of anilines is 1. The third kappa shape index (κ3) is 5.30. The summed E-state index contributed by atoms with van der Waals surface area (Å²) in [5, 5.41) is 21.0. The number of carbonyl (C=O) groups excluding carboxylic acids is 1. The summed E-state index contributed by atoms with van der Waals surface area (Å²) in [5.74, 6) is 1.60. The first-order valence-electron chi connectivity index (χ1n) is 8.76. The van der Waals surface area contributed by atoms with E-state index in [9.17, 15) is 9.90 Å². The van der Waals surface area contributed by atoms with Crippen molar-refractivity contribution in [2.24, 2.45) is 7.05 Å². The van der Waals surface area contributed by atoms with Crippen molar-refractivity contribution in [1.29, 1.82) is 0 Å². The second-order valence-electron chi connectivity index (χ2n) is 6.36. The van der Waals surface area contributed by atoms with Crippen molar-refractivity contribution in [3.8, 4) is 5.75 Å². The summed E-state index contributed by atoms with van der Waals surface area (Å²) in [7, 11) is 1.91. The number of thioether (sulfide) groups is 2. The highest BCUT2D eigenvalue weighted by atomic mass is 32.2. The van der Waals surface area contributed by atoms with E-state index in [0.717, 1.165) is 5.82 Å². The summed E-state index contributed by atoms with van der Waals surface area (Å²) >= 11 is 3.07. The Kier molecular flexibility index (Phi) is 6.64. The van der Waals surface area contributed by atoms with Crippen LogP contribution < -0.4 is 5.32 Å². The van der Waals surface area contributed by atoms with Gasteiger partial charge in [-0.2, -0.15) is 0 Å². The van der Waals surface area contributed by atoms with Crippen molar-refractivity contribution in [2.75, 3.05) is 5.32 Å². The Bertz CT molecular complexity index is 940. The predicted molar refractivity (Wildman–Crippen MR) is 114 cm³/mol. The number of phenolic OH excluding ortho intramolecular Hbond substituents is 1. The number of nitrogens with one attached hydrogen (secondary N) is 1. The number of hydrogen-bond acceptors (Lipinski definition) is 6. The molecule has 0 radical (unpaired) electrons. The van der Waals surface area contributed by atoms with Crippen LogP contribution in [0.1, 0.15) is 18.3 Å². The molecule has 0 fully saturated rings. The summed E-state index contributed by atoms with van der Waals surface area (Å²) in [6.45, 7) is 3.90. The highest BCUT2D eigenvalue weighted by Crippen LogP contribution is 2.26. The molecular weight excluding hydrogens is 392 g/mol. The Labute approximate surface area is 172 Å². The summed E-state index contributed by atoms with van der Waals surface area (Å²) in [5.41, 5.74) is 1.88. The Morgan fingerprint density at radius 3 is 2.50 bits per heavy atom. The van der Waals surface area contributed by atoms with Crippen LogP contribution in [-0.2, 0) is 17.6 Å². The van der Waals surface area contributed by atoms with Crippen LogP contribution in [-0.4, -0.2) is 31.0 Å². The lowest BCUT2D eigenvalue weighted by Crippen LogP contribution is -2.22. The van der Waals surface area contributed by atoms with E-state index in [4.69, 9.17) is 0 Å². The molecule has 0 bridgehead atoms. The van der Waals surface area contributed by atoms with E-state index >= 15 is 0 Å². The molecule has 1 amide bonds. The standard InChI is InChI=1S/C20H22N4O2S2/c1-13-4-10-17(11-5-13)27-12-18-22-23-20(24(18)3)28-14(2)19(26)21-15-6-8-16(25)9-7-15/h4-11,14,25H,12H2,1-3H3,(H,21,26). The number of phenols is 1. The third-order valence-corrected chi connectivity index (χ3v) is 6.24. The van der Waals surface area contributed by atoms with Gasteiger partial charge in [-0.3, -0.25) is 4.79 Å². The van der Waals surface area contributed by atoms with Crippen LogP contribution in [0.25, 0.3) is 0 Å². The van der Waals surface area contributed by atoms with Gasteiger partial charge in [0.05, 0.1) is 11.0 Å². The number of amides is 1. The Morgan fingerprint density at radius 1 is 1.14 bits per heavy atom. The molecule has 3 aromatic rings. The van der Waals surface area contributed by atoms with E-state index in [2.05, 4.69) is 46.7 Å². The molecule has 146 valence electrons. The average Bonchev–Trinajstić information content (AvgIpc) is 3.03. The molecule has 0 aliphatic rings. The molecule has 1 unspecified atom stereocenters. The summed E-state index contributed by atoms with van der Waals surface area (Å²) in [6, 6.07) is 14.8. The smallest absolute Gasteiger partial charge is 0.237 e. The molecule has 0 saturated heterocycles. The lowest BCUT2D eigenvalue weighted by atomic mass is 10.2. The lowest BCUT2D eigenvalue weighted by Gasteiger charge is -2.11. The molecule has 0 aliphatic heterocycles. The van der Waals surface area contributed by atoms with Gasteiger partial charge in [-0.25, -0.2) is 0 Å². The normalized spacial score (nSPS) is 12.0. The Hall–Kier alpha value is -2.45. The largest absolute Gasteiger partial charge is 0.508 e. The molecule has 1 atom stereocenters. The minimum Gasteiger partial charge on any atom is -0.508 e. The molecule has 8 heteroatoms. The van der Waals surface area contributed by atoms with Gasteiger partial charge in [0.2, 0.25) is 5.91 Å². The second kappa shape index (κ2) is 9.16. The van der Waals surface area contributed by atoms with E-state index in [1.807, 2.05) is 18.5 Å². The van der Waals surface area contributed by atoms with Crippen LogP contribution >= 0.6 is 23.5 Å². The number of aromatic nitrogens is 3. The van der Waals surface area contributed by atoms with Crippen molar-refractivity contribution in [1.82, 2.24) is 14.8 Å². The van der Waals surface area contributed by atoms with Crippen LogP contribution in [0.5, 0.6) is 5.75 Å². The van der Waals surface area contributed by atoms with E-state index in [1.54, 1.807) is 23.9 Å². The van der Waals surface area contributed by atoms with Gasteiger partial charge in [-0.1, -0.05) is 29.5 Å². The zero-order valence-electron chi connectivity index (χ0n) is 15.9. The quantitative estimate of drug-likeness (QED) is 0.445. The third-order valence-electron chi connectivity index (χ3n) is 4.10.